The van der Waals surface area contributed by atoms with E-state index in [1.807, 2.05) is 31.4 Å². The van der Waals surface area contributed by atoms with E-state index < -0.39 is 0 Å². The first-order valence-corrected chi connectivity index (χ1v) is 7.14. The molecule has 106 valence electrons. The first kappa shape index (κ1) is 14.4. The van der Waals surface area contributed by atoms with Crippen LogP contribution in [0.5, 0.6) is 0 Å². The fraction of sp³-hybridized carbons (Fsp3) is 0.308. The molecule has 7 heteroatoms. The topological polar surface area (TPSA) is 92.9 Å². The molecule has 0 aliphatic carbocycles. The highest BCUT2D eigenvalue weighted by Gasteiger charge is 2.16. The van der Waals surface area contributed by atoms with Crippen LogP contribution in [-0.4, -0.2) is 15.9 Å². The average Bonchev–Trinajstić information content (AvgIpc) is 2.97. The minimum atomic E-state index is -0.268. The van der Waals surface area contributed by atoms with Crippen LogP contribution in [0.15, 0.2) is 23.7 Å². The van der Waals surface area contributed by atoms with E-state index in [9.17, 15) is 4.79 Å². The number of aromatic nitrogens is 2. The molecule has 1 amide bonds. The van der Waals surface area contributed by atoms with Gasteiger partial charge in [-0.2, -0.15) is 0 Å². The van der Waals surface area contributed by atoms with Crippen LogP contribution in [0, 0.1) is 0 Å². The van der Waals surface area contributed by atoms with Gasteiger partial charge >= 0.3 is 0 Å². The van der Waals surface area contributed by atoms with E-state index in [4.69, 9.17) is 5.84 Å². The molecule has 2 aromatic rings. The summed E-state index contributed by atoms with van der Waals surface area (Å²) in [5.74, 6) is 5.89. The summed E-state index contributed by atoms with van der Waals surface area (Å²) < 4.78 is 0. The molecule has 0 aromatic carbocycles. The third-order valence-corrected chi connectivity index (χ3v) is 3.57. The van der Waals surface area contributed by atoms with E-state index in [0.717, 1.165) is 4.88 Å². The monoisotopic (exact) mass is 291 g/mol. The van der Waals surface area contributed by atoms with Gasteiger partial charge in [0.15, 0.2) is 5.69 Å². The highest BCUT2D eigenvalue weighted by Crippen LogP contribution is 2.16. The van der Waals surface area contributed by atoms with Crippen molar-refractivity contribution in [2.75, 3.05) is 5.43 Å². The van der Waals surface area contributed by atoms with E-state index in [0.29, 0.717) is 18.1 Å². The van der Waals surface area contributed by atoms with Crippen molar-refractivity contribution in [2.24, 2.45) is 5.84 Å². The molecule has 0 unspecified atom stereocenters. The molecule has 6 nitrogen and oxygen atoms in total. The zero-order valence-electron chi connectivity index (χ0n) is 11.4. The zero-order valence-corrected chi connectivity index (χ0v) is 12.2. The van der Waals surface area contributed by atoms with Crippen molar-refractivity contribution < 1.29 is 4.79 Å². The van der Waals surface area contributed by atoms with Gasteiger partial charge in [-0.15, -0.1) is 11.3 Å². The predicted molar refractivity (Wildman–Crippen MR) is 79.4 cm³/mol. The number of nitrogens with two attached hydrogens (primary N) is 1. The van der Waals surface area contributed by atoms with Crippen LogP contribution in [0.3, 0.4) is 0 Å². The second kappa shape index (κ2) is 6.44. The number of amides is 1. The second-order valence-corrected chi connectivity index (χ2v) is 5.58. The van der Waals surface area contributed by atoms with Gasteiger partial charge in [-0.25, -0.2) is 9.97 Å². The number of carbonyl (C=O) groups is 1. The summed E-state index contributed by atoms with van der Waals surface area (Å²) in [4.78, 5) is 21.7. The van der Waals surface area contributed by atoms with E-state index in [1.54, 1.807) is 11.3 Å². The molecule has 0 aliphatic rings. The number of rotatable bonds is 5. The smallest absolute Gasteiger partial charge is 0.272 e. The van der Waals surface area contributed by atoms with E-state index in [-0.39, 0.29) is 17.5 Å². The highest BCUT2D eigenvalue weighted by atomic mass is 32.1. The minimum Gasteiger partial charge on any atom is -0.346 e. The normalized spacial score (nSPS) is 10.6. The maximum atomic E-state index is 12.2. The number of hydrogen-bond donors (Lipinski definition) is 3. The maximum absolute atomic E-state index is 12.2. The molecular weight excluding hydrogens is 274 g/mol. The van der Waals surface area contributed by atoms with Gasteiger partial charge in [-0.3, -0.25) is 10.6 Å². The number of nitrogen functional groups attached to an aromatic ring is 1. The summed E-state index contributed by atoms with van der Waals surface area (Å²) in [6, 6.07) is 3.91. The number of thiophene rings is 1. The van der Waals surface area contributed by atoms with Crippen molar-refractivity contribution in [3.05, 3.63) is 40.1 Å². The van der Waals surface area contributed by atoms with Gasteiger partial charge in [0, 0.05) is 10.8 Å². The number of anilines is 1. The summed E-state index contributed by atoms with van der Waals surface area (Å²) in [7, 11) is 0. The van der Waals surface area contributed by atoms with Gasteiger partial charge in [0.25, 0.3) is 5.91 Å². The Morgan fingerprint density at radius 1 is 1.50 bits per heavy atom. The molecule has 0 atom stereocenters. The first-order chi connectivity index (χ1) is 9.61. The lowest BCUT2D eigenvalue weighted by molar-refractivity contribution is 0.0946. The Kier molecular flexibility index (Phi) is 4.65. The van der Waals surface area contributed by atoms with Gasteiger partial charge < -0.3 is 10.7 Å². The zero-order chi connectivity index (χ0) is 14.5. The van der Waals surface area contributed by atoms with Crippen LogP contribution >= 0.6 is 11.3 Å². The maximum Gasteiger partial charge on any atom is 0.272 e. The molecular formula is C13H17N5OS. The van der Waals surface area contributed by atoms with Crippen molar-refractivity contribution in [1.82, 2.24) is 15.3 Å². The van der Waals surface area contributed by atoms with E-state index >= 15 is 0 Å². The average molecular weight is 291 g/mol. The highest BCUT2D eigenvalue weighted by molar-refractivity contribution is 7.09. The largest absolute Gasteiger partial charge is 0.346 e. The van der Waals surface area contributed by atoms with Crippen LogP contribution in [0.1, 0.15) is 41.0 Å². The van der Waals surface area contributed by atoms with Crippen LogP contribution in [0.4, 0.5) is 5.69 Å². The van der Waals surface area contributed by atoms with Crippen LogP contribution in [-0.2, 0) is 6.54 Å². The van der Waals surface area contributed by atoms with Crippen LogP contribution in [0.25, 0.3) is 0 Å². The Hall–Kier alpha value is -1.99. The molecule has 0 radical (unpaired) electrons. The molecule has 2 aromatic heterocycles. The molecule has 4 N–H and O–H groups in total. The molecule has 0 spiro atoms. The molecule has 2 rings (SSSR count). The predicted octanol–water partition coefficient (Wildman–Crippen LogP) is 1.88. The number of carbonyl (C=O) groups excluding carboxylic acids is 1. The molecule has 2 heterocycles. The number of nitrogens with one attached hydrogen (secondary N) is 2. The van der Waals surface area contributed by atoms with E-state index in [2.05, 4.69) is 20.7 Å². The van der Waals surface area contributed by atoms with Gasteiger partial charge in [0.1, 0.15) is 5.82 Å². The molecule has 0 saturated heterocycles. The number of hydrogen-bond acceptors (Lipinski definition) is 6. The third-order valence-electron chi connectivity index (χ3n) is 2.70. The van der Waals surface area contributed by atoms with Crippen LogP contribution < -0.4 is 16.6 Å². The van der Waals surface area contributed by atoms with Gasteiger partial charge in [-0.05, 0) is 11.4 Å². The number of hydrazine groups is 1. The van der Waals surface area contributed by atoms with Crippen molar-refractivity contribution >= 4 is 22.9 Å². The quantitative estimate of drug-likeness (QED) is 0.577. The van der Waals surface area contributed by atoms with Crippen molar-refractivity contribution in [2.45, 2.75) is 26.3 Å². The summed E-state index contributed by atoms with van der Waals surface area (Å²) in [5, 5.41) is 4.80. The summed E-state index contributed by atoms with van der Waals surface area (Å²) >= 11 is 1.59. The Morgan fingerprint density at radius 2 is 2.30 bits per heavy atom. The molecule has 0 fully saturated rings. The summed E-state index contributed by atoms with van der Waals surface area (Å²) in [5.41, 5.74) is 3.13. The van der Waals surface area contributed by atoms with E-state index in [1.165, 1.54) is 6.20 Å². The van der Waals surface area contributed by atoms with Gasteiger partial charge in [0.05, 0.1) is 18.4 Å². The van der Waals surface area contributed by atoms with Gasteiger partial charge in [-0.1, -0.05) is 19.9 Å². The lowest BCUT2D eigenvalue weighted by Crippen LogP contribution is -2.26. The van der Waals surface area contributed by atoms with Crippen molar-refractivity contribution in [3.8, 4) is 0 Å². The molecule has 0 aliphatic heterocycles. The number of nitrogens with zero attached hydrogens (tertiary/aromatic N) is 2. The van der Waals surface area contributed by atoms with Crippen molar-refractivity contribution in [1.29, 1.82) is 0 Å². The SMILES string of the molecule is CC(C)c1ncc(NN)c(C(=O)NCc2cccs2)n1. The molecule has 0 saturated carbocycles. The Labute approximate surface area is 121 Å². The first-order valence-electron chi connectivity index (χ1n) is 6.26. The Balaban J connectivity index is 2.16. The lowest BCUT2D eigenvalue weighted by atomic mass is 10.2. The Morgan fingerprint density at radius 3 is 2.90 bits per heavy atom. The third kappa shape index (κ3) is 3.31. The van der Waals surface area contributed by atoms with Gasteiger partial charge in [0.2, 0.25) is 0 Å². The summed E-state index contributed by atoms with van der Waals surface area (Å²) in [6.07, 6.45) is 1.53. The lowest BCUT2D eigenvalue weighted by Gasteiger charge is -2.11. The minimum absolute atomic E-state index is 0.144. The fourth-order valence-corrected chi connectivity index (χ4v) is 2.26. The standard InChI is InChI=1S/C13H17N5OS/c1-8(2)12-15-7-10(18-14)11(17-12)13(19)16-6-9-4-3-5-20-9/h3-5,7-8,18H,6,14H2,1-2H3,(H,16,19). The van der Waals surface area contributed by atoms with Crippen LogP contribution in [0.2, 0.25) is 0 Å². The second-order valence-electron chi connectivity index (χ2n) is 4.55. The summed E-state index contributed by atoms with van der Waals surface area (Å²) in [6.45, 7) is 4.41. The Bertz CT molecular complexity index is 582. The molecule has 0 bridgehead atoms. The fourth-order valence-electron chi connectivity index (χ4n) is 1.62. The molecule has 20 heavy (non-hydrogen) atoms. The van der Waals surface area contributed by atoms with Crippen molar-refractivity contribution in [3.63, 3.8) is 0 Å².